The van der Waals surface area contributed by atoms with Crippen molar-refractivity contribution in [3.63, 3.8) is 0 Å². The average Bonchev–Trinajstić information content (AvgIpc) is 2.63. The van der Waals surface area contributed by atoms with Crippen LogP contribution in [0.25, 0.3) is 11.4 Å². The van der Waals surface area contributed by atoms with Crippen LogP contribution in [0.1, 0.15) is 18.2 Å². The Kier molecular flexibility index (Phi) is 5.78. The number of nitrogens with zero attached hydrogens (tertiary/aromatic N) is 2. The van der Waals surface area contributed by atoms with Crippen LogP contribution < -0.4 is 10.9 Å². The van der Waals surface area contributed by atoms with Crippen LogP contribution in [0.2, 0.25) is 0 Å². The van der Waals surface area contributed by atoms with Crippen LogP contribution in [-0.4, -0.2) is 21.5 Å². The van der Waals surface area contributed by atoms with Gasteiger partial charge < -0.3 is 10.3 Å². The Labute approximate surface area is 158 Å². The number of nitrogens with one attached hydrogen (secondary N) is 2. The second-order valence-electron chi connectivity index (χ2n) is 5.78. The van der Waals surface area contributed by atoms with E-state index in [1.54, 1.807) is 24.4 Å². The molecule has 7 heteroatoms. The van der Waals surface area contributed by atoms with Crippen molar-refractivity contribution in [2.75, 3.05) is 11.9 Å². The first-order valence-corrected chi connectivity index (χ1v) is 9.09. The zero-order valence-electron chi connectivity index (χ0n) is 14.2. The first kappa shape index (κ1) is 18.3. The maximum atomic E-state index is 14.2. The van der Waals surface area contributed by atoms with Crippen molar-refractivity contribution in [3.8, 4) is 11.4 Å². The van der Waals surface area contributed by atoms with Crippen molar-refractivity contribution in [2.45, 2.75) is 19.8 Å². The Morgan fingerprint density at radius 1 is 1.19 bits per heavy atom. The van der Waals surface area contributed by atoms with E-state index < -0.39 is 0 Å². The minimum atomic E-state index is -0.365. The van der Waals surface area contributed by atoms with Gasteiger partial charge in [-0.3, -0.25) is 4.79 Å². The topological polar surface area (TPSA) is 70.7 Å². The SMILES string of the molecule is CCc1cc(NCCc2cc[nH]c(=O)c2)nc(-c2cc(Br)ccc2F)n1. The number of aromatic nitrogens is 3. The number of rotatable bonds is 6. The molecule has 0 unspecified atom stereocenters. The zero-order chi connectivity index (χ0) is 18.5. The lowest BCUT2D eigenvalue weighted by atomic mass is 10.2. The van der Waals surface area contributed by atoms with Crippen LogP contribution in [0.3, 0.4) is 0 Å². The molecule has 0 fully saturated rings. The fourth-order valence-corrected chi connectivity index (χ4v) is 2.90. The molecule has 0 aliphatic carbocycles. The first-order valence-electron chi connectivity index (χ1n) is 8.30. The lowest BCUT2D eigenvalue weighted by Crippen LogP contribution is -2.11. The van der Waals surface area contributed by atoms with Crippen molar-refractivity contribution in [1.29, 1.82) is 0 Å². The molecule has 0 amide bonds. The number of hydrogen-bond donors (Lipinski definition) is 2. The van der Waals surface area contributed by atoms with Gasteiger partial charge in [0.25, 0.3) is 0 Å². The van der Waals surface area contributed by atoms with E-state index in [2.05, 4.69) is 36.2 Å². The minimum absolute atomic E-state index is 0.120. The van der Waals surface area contributed by atoms with Gasteiger partial charge in [-0.1, -0.05) is 22.9 Å². The summed E-state index contributed by atoms with van der Waals surface area (Å²) in [6.07, 6.45) is 3.02. The molecule has 0 aliphatic rings. The molecule has 0 saturated heterocycles. The maximum Gasteiger partial charge on any atom is 0.248 e. The molecule has 1 aromatic carbocycles. The molecule has 0 atom stereocenters. The fraction of sp³-hybridized carbons (Fsp3) is 0.211. The quantitative estimate of drug-likeness (QED) is 0.637. The summed E-state index contributed by atoms with van der Waals surface area (Å²) >= 11 is 3.36. The predicted molar refractivity (Wildman–Crippen MR) is 104 cm³/mol. The molecule has 3 aromatic rings. The molecule has 2 aromatic heterocycles. The van der Waals surface area contributed by atoms with Crippen molar-refractivity contribution in [3.05, 3.63) is 74.5 Å². The van der Waals surface area contributed by atoms with Gasteiger partial charge in [0, 0.05) is 35.0 Å². The van der Waals surface area contributed by atoms with Crippen molar-refractivity contribution < 1.29 is 4.39 Å². The monoisotopic (exact) mass is 416 g/mol. The molecule has 26 heavy (non-hydrogen) atoms. The number of aryl methyl sites for hydroxylation is 1. The van der Waals surface area contributed by atoms with E-state index in [9.17, 15) is 9.18 Å². The second-order valence-corrected chi connectivity index (χ2v) is 6.70. The van der Waals surface area contributed by atoms with Gasteiger partial charge in [0.15, 0.2) is 5.82 Å². The molecule has 0 aliphatic heterocycles. The van der Waals surface area contributed by atoms with Crippen LogP contribution >= 0.6 is 15.9 Å². The molecule has 0 bridgehead atoms. The van der Waals surface area contributed by atoms with Gasteiger partial charge in [0.2, 0.25) is 5.56 Å². The van der Waals surface area contributed by atoms with Crippen LogP contribution in [0.4, 0.5) is 10.2 Å². The number of anilines is 1. The Morgan fingerprint density at radius 3 is 2.81 bits per heavy atom. The standard InChI is InChI=1S/C19H18BrFN4O/c1-2-14-11-17(22-7-5-12-6-8-23-18(26)9-12)25-19(24-14)15-10-13(20)3-4-16(15)21/h3-4,6,8-11H,2,5,7H2,1H3,(H,23,26)(H,22,24,25). The Balaban J connectivity index is 1.81. The summed E-state index contributed by atoms with van der Waals surface area (Å²) in [5.41, 5.74) is 2.00. The van der Waals surface area contributed by atoms with E-state index in [1.165, 1.54) is 6.07 Å². The van der Waals surface area contributed by atoms with Crippen LogP contribution in [0, 0.1) is 5.82 Å². The molecular weight excluding hydrogens is 399 g/mol. The van der Waals surface area contributed by atoms with Crippen LogP contribution in [0.15, 0.2) is 51.9 Å². The predicted octanol–water partition coefficient (Wildman–Crippen LogP) is 3.95. The minimum Gasteiger partial charge on any atom is -0.370 e. The Bertz CT molecular complexity index is 974. The molecule has 0 radical (unpaired) electrons. The molecule has 3 rings (SSSR count). The summed E-state index contributed by atoms with van der Waals surface area (Å²) in [5.74, 6) is 0.619. The third-order valence-electron chi connectivity index (χ3n) is 3.87. The summed E-state index contributed by atoms with van der Waals surface area (Å²) < 4.78 is 14.9. The fourth-order valence-electron chi connectivity index (χ4n) is 2.54. The van der Waals surface area contributed by atoms with Gasteiger partial charge in [-0.15, -0.1) is 0 Å². The zero-order valence-corrected chi connectivity index (χ0v) is 15.8. The highest BCUT2D eigenvalue weighted by Gasteiger charge is 2.11. The first-order chi connectivity index (χ1) is 12.5. The third kappa shape index (κ3) is 4.54. The van der Waals surface area contributed by atoms with Gasteiger partial charge in [-0.05, 0) is 42.7 Å². The molecule has 0 spiro atoms. The summed E-state index contributed by atoms with van der Waals surface area (Å²) in [5, 5.41) is 3.23. The number of halogens is 2. The number of pyridine rings is 1. The third-order valence-corrected chi connectivity index (χ3v) is 4.36. The normalized spacial score (nSPS) is 10.7. The summed E-state index contributed by atoms with van der Waals surface area (Å²) in [7, 11) is 0. The molecule has 2 N–H and O–H groups in total. The summed E-state index contributed by atoms with van der Waals surface area (Å²) in [6.45, 7) is 2.59. The highest BCUT2D eigenvalue weighted by atomic mass is 79.9. The molecule has 134 valence electrons. The summed E-state index contributed by atoms with van der Waals surface area (Å²) in [6, 6.07) is 10.00. The smallest absolute Gasteiger partial charge is 0.248 e. The van der Waals surface area contributed by atoms with E-state index >= 15 is 0 Å². The lowest BCUT2D eigenvalue weighted by Gasteiger charge is -2.10. The maximum absolute atomic E-state index is 14.2. The highest BCUT2D eigenvalue weighted by molar-refractivity contribution is 9.10. The number of aromatic amines is 1. The average molecular weight is 417 g/mol. The van der Waals surface area contributed by atoms with Gasteiger partial charge >= 0.3 is 0 Å². The Morgan fingerprint density at radius 2 is 2.04 bits per heavy atom. The van der Waals surface area contributed by atoms with Gasteiger partial charge in [0.05, 0.1) is 5.56 Å². The number of H-pyrrole nitrogens is 1. The van der Waals surface area contributed by atoms with Gasteiger partial charge in [-0.25, -0.2) is 14.4 Å². The Hall–Kier alpha value is -2.54. The molecule has 0 saturated carbocycles. The lowest BCUT2D eigenvalue weighted by molar-refractivity contribution is 0.629. The second kappa shape index (κ2) is 8.23. The summed E-state index contributed by atoms with van der Waals surface area (Å²) in [4.78, 5) is 22.8. The molecule has 5 nitrogen and oxygen atoms in total. The van der Waals surface area contributed by atoms with E-state index in [0.717, 1.165) is 15.7 Å². The van der Waals surface area contributed by atoms with E-state index in [1.807, 2.05) is 19.1 Å². The largest absolute Gasteiger partial charge is 0.370 e. The number of hydrogen-bond acceptors (Lipinski definition) is 4. The van der Waals surface area contributed by atoms with E-state index in [4.69, 9.17) is 0 Å². The van der Waals surface area contributed by atoms with Crippen LogP contribution in [0.5, 0.6) is 0 Å². The number of benzene rings is 1. The van der Waals surface area contributed by atoms with Crippen molar-refractivity contribution in [2.24, 2.45) is 0 Å². The van der Waals surface area contributed by atoms with Crippen molar-refractivity contribution >= 4 is 21.7 Å². The highest BCUT2D eigenvalue weighted by Crippen LogP contribution is 2.25. The van der Waals surface area contributed by atoms with Gasteiger partial charge in [0.1, 0.15) is 11.6 Å². The van der Waals surface area contributed by atoms with E-state index in [0.29, 0.717) is 36.6 Å². The molecule has 2 heterocycles. The molecular formula is C19H18BrFN4O. The van der Waals surface area contributed by atoms with Gasteiger partial charge in [-0.2, -0.15) is 0 Å². The van der Waals surface area contributed by atoms with Crippen LogP contribution in [-0.2, 0) is 12.8 Å². The van der Waals surface area contributed by atoms with E-state index in [-0.39, 0.29) is 11.4 Å². The van der Waals surface area contributed by atoms with Crippen molar-refractivity contribution in [1.82, 2.24) is 15.0 Å².